The second-order valence-corrected chi connectivity index (χ2v) is 8.79. The molecule has 3 saturated carbocycles. The molecule has 2 bridgehead atoms. The highest BCUT2D eigenvalue weighted by Crippen LogP contribution is 2.70. The number of hydrogen-bond acceptors (Lipinski definition) is 4. The van der Waals surface area contributed by atoms with Gasteiger partial charge < -0.3 is 14.6 Å². The van der Waals surface area contributed by atoms with Gasteiger partial charge in [-0.15, -0.1) is 0 Å². The molecule has 5 heteroatoms. The Labute approximate surface area is 153 Å². The van der Waals surface area contributed by atoms with Crippen LogP contribution in [0.15, 0.2) is 24.3 Å². The van der Waals surface area contributed by atoms with Gasteiger partial charge in [-0.05, 0) is 55.4 Å². The molecular weight excluding hydrogens is 330 g/mol. The standard InChI is InChI=1S/C21H25NO4/c1-25-13-8-6-12(7-9-13)22-20(24)16-14-10-15-17(16)21(22,11-4-2-3-5-11)26-19(15)18(14)23/h6-9,11,14-19,23H,2-5,10H2,1H3. The lowest BCUT2D eigenvalue weighted by Gasteiger charge is -2.43. The van der Waals surface area contributed by atoms with Gasteiger partial charge in [0.2, 0.25) is 5.91 Å². The zero-order valence-electron chi connectivity index (χ0n) is 15.0. The van der Waals surface area contributed by atoms with Crippen molar-refractivity contribution in [2.24, 2.45) is 29.6 Å². The van der Waals surface area contributed by atoms with E-state index in [1.165, 1.54) is 12.8 Å². The van der Waals surface area contributed by atoms with E-state index in [0.29, 0.717) is 11.8 Å². The first-order chi connectivity index (χ1) is 12.7. The molecule has 0 aromatic heterocycles. The van der Waals surface area contributed by atoms with Gasteiger partial charge in [0.15, 0.2) is 5.72 Å². The third kappa shape index (κ3) is 1.59. The van der Waals surface area contributed by atoms with Crippen LogP contribution < -0.4 is 9.64 Å². The molecule has 138 valence electrons. The van der Waals surface area contributed by atoms with Gasteiger partial charge in [0.25, 0.3) is 0 Å². The molecule has 6 rings (SSSR count). The van der Waals surface area contributed by atoms with Crippen molar-refractivity contribution in [3.05, 3.63) is 24.3 Å². The number of carbonyl (C=O) groups is 1. The predicted octanol–water partition coefficient (Wildman–Crippen LogP) is 2.57. The molecule has 5 aliphatic rings. The van der Waals surface area contributed by atoms with Crippen molar-refractivity contribution in [2.45, 2.75) is 50.0 Å². The Kier molecular flexibility index (Phi) is 2.98. The van der Waals surface area contributed by atoms with Crippen LogP contribution in [0.5, 0.6) is 5.75 Å². The van der Waals surface area contributed by atoms with Crippen LogP contribution >= 0.6 is 0 Å². The summed E-state index contributed by atoms with van der Waals surface area (Å²) in [6, 6.07) is 7.79. The van der Waals surface area contributed by atoms with Gasteiger partial charge in [-0.1, -0.05) is 12.8 Å². The number of benzene rings is 1. The maximum Gasteiger partial charge on any atom is 0.233 e. The van der Waals surface area contributed by atoms with Crippen molar-refractivity contribution in [3.63, 3.8) is 0 Å². The first kappa shape index (κ1) is 15.5. The molecule has 1 amide bonds. The number of carbonyl (C=O) groups excluding carboxylic acids is 1. The minimum absolute atomic E-state index is 0.0727. The van der Waals surface area contributed by atoms with Gasteiger partial charge in [-0.25, -0.2) is 0 Å². The van der Waals surface area contributed by atoms with Crippen molar-refractivity contribution in [2.75, 3.05) is 12.0 Å². The molecular formula is C21H25NO4. The van der Waals surface area contributed by atoms with Crippen LogP contribution in [0.3, 0.4) is 0 Å². The summed E-state index contributed by atoms with van der Waals surface area (Å²) in [5.74, 6) is 1.92. The Hall–Kier alpha value is -1.59. The van der Waals surface area contributed by atoms with Crippen LogP contribution in [-0.4, -0.2) is 36.1 Å². The summed E-state index contributed by atoms with van der Waals surface area (Å²) < 4.78 is 12.0. The molecule has 7 unspecified atom stereocenters. The third-order valence-electron chi connectivity index (χ3n) is 7.98. The number of rotatable bonds is 3. The molecule has 0 spiro atoms. The molecule has 2 saturated heterocycles. The fourth-order valence-electron chi connectivity index (χ4n) is 7.16. The monoisotopic (exact) mass is 355 g/mol. The molecule has 2 heterocycles. The zero-order valence-corrected chi connectivity index (χ0v) is 15.0. The van der Waals surface area contributed by atoms with Crippen molar-refractivity contribution in [1.82, 2.24) is 0 Å². The van der Waals surface area contributed by atoms with Crippen LogP contribution in [0.2, 0.25) is 0 Å². The van der Waals surface area contributed by atoms with Gasteiger partial charge in [0.1, 0.15) is 5.75 Å². The molecule has 5 nitrogen and oxygen atoms in total. The van der Waals surface area contributed by atoms with E-state index < -0.39 is 11.8 Å². The van der Waals surface area contributed by atoms with Crippen molar-refractivity contribution >= 4 is 11.6 Å². The number of anilines is 1. The van der Waals surface area contributed by atoms with E-state index >= 15 is 0 Å². The van der Waals surface area contributed by atoms with Gasteiger partial charge in [-0.3, -0.25) is 9.69 Å². The number of aliphatic hydroxyl groups excluding tert-OH is 1. The Morgan fingerprint density at radius 2 is 1.92 bits per heavy atom. The van der Waals surface area contributed by atoms with E-state index in [4.69, 9.17) is 9.47 Å². The lowest BCUT2D eigenvalue weighted by atomic mass is 9.73. The Balaban J connectivity index is 1.51. The third-order valence-corrected chi connectivity index (χ3v) is 7.98. The lowest BCUT2D eigenvalue weighted by Crippen LogP contribution is -2.55. The molecule has 1 aromatic carbocycles. The van der Waals surface area contributed by atoms with Gasteiger partial charge >= 0.3 is 0 Å². The highest BCUT2D eigenvalue weighted by Gasteiger charge is 2.79. The van der Waals surface area contributed by atoms with Crippen LogP contribution in [0, 0.1) is 29.6 Å². The number of aliphatic hydroxyl groups is 1. The number of nitrogens with zero attached hydrogens (tertiary/aromatic N) is 1. The summed E-state index contributed by atoms with van der Waals surface area (Å²) in [6.45, 7) is 0. The molecule has 1 N–H and O–H groups in total. The Bertz CT molecular complexity index is 758. The van der Waals surface area contributed by atoms with E-state index in [2.05, 4.69) is 0 Å². The highest BCUT2D eigenvalue weighted by molar-refractivity contribution is 6.00. The smallest absolute Gasteiger partial charge is 0.233 e. The summed E-state index contributed by atoms with van der Waals surface area (Å²) in [6.07, 6.45) is 5.05. The summed E-state index contributed by atoms with van der Waals surface area (Å²) in [5.41, 5.74) is 0.362. The first-order valence-electron chi connectivity index (χ1n) is 10.0. The quantitative estimate of drug-likeness (QED) is 0.905. The van der Waals surface area contributed by atoms with E-state index in [9.17, 15) is 9.90 Å². The molecule has 3 aliphatic carbocycles. The van der Waals surface area contributed by atoms with Crippen molar-refractivity contribution in [1.29, 1.82) is 0 Å². The normalized spacial score (nSPS) is 45.9. The van der Waals surface area contributed by atoms with E-state index in [1.807, 2.05) is 29.2 Å². The maximum absolute atomic E-state index is 13.6. The van der Waals surface area contributed by atoms with Crippen molar-refractivity contribution in [3.8, 4) is 5.75 Å². The number of hydrogen-bond donors (Lipinski definition) is 1. The molecule has 5 fully saturated rings. The SMILES string of the molecule is COc1ccc(N2C(=O)C3C4CC5C(OC2(C2CCCC2)C53)C4O)cc1. The summed E-state index contributed by atoms with van der Waals surface area (Å²) in [5, 5.41) is 10.7. The van der Waals surface area contributed by atoms with Crippen LogP contribution in [0.25, 0.3) is 0 Å². The van der Waals surface area contributed by atoms with E-state index in [0.717, 1.165) is 30.7 Å². The molecule has 7 atom stereocenters. The fourth-order valence-corrected chi connectivity index (χ4v) is 7.16. The largest absolute Gasteiger partial charge is 0.497 e. The van der Waals surface area contributed by atoms with Crippen LogP contribution in [0.4, 0.5) is 5.69 Å². The number of amides is 1. The Morgan fingerprint density at radius 3 is 2.62 bits per heavy atom. The molecule has 2 aliphatic heterocycles. The molecule has 0 radical (unpaired) electrons. The van der Waals surface area contributed by atoms with Gasteiger partial charge in [0.05, 0.1) is 25.2 Å². The van der Waals surface area contributed by atoms with Gasteiger partial charge in [-0.2, -0.15) is 0 Å². The van der Waals surface area contributed by atoms with Crippen molar-refractivity contribution < 1.29 is 19.4 Å². The average molecular weight is 355 g/mol. The predicted molar refractivity (Wildman–Crippen MR) is 94.6 cm³/mol. The lowest BCUT2D eigenvalue weighted by molar-refractivity contribution is -0.138. The summed E-state index contributed by atoms with van der Waals surface area (Å²) in [4.78, 5) is 15.6. The number of fused-ring (bicyclic) bond motifs is 2. The second-order valence-electron chi connectivity index (χ2n) is 8.79. The fraction of sp³-hybridized carbons (Fsp3) is 0.667. The zero-order chi connectivity index (χ0) is 17.6. The number of methoxy groups -OCH3 is 1. The van der Waals surface area contributed by atoms with Crippen LogP contribution in [-0.2, 0) is 9.53 Å². The summed E-state index contributed by atoms with van der Waals surface area (Å²) in [7, 11) is 1.65. The minimum Gasteiger partial charge on any atom is -0.497 e. The highest BCUT2D eigenvalue weighted by atomic mass is 16.6. The minimum atomic E-state index is -0.547. The Morgan fingerprint density at radius 1 is 1.19 bits per heavy atom. The molecule has 1 aromatic rings. The summed E-state index contributed by atoms with van der Waals surface area (Å²) >= 11 is 0. The van der Waals surface area contributed by atoms with Crippen LogP contribution in [0.1, 0.15) is 32.1 Å². The van der Waals surface area contributed by atoms with E-state index in [-0.39, 0.29) is 29.8 Å². The number of ether oxygens (including phenoxy) is 2. The first-order valence-corrected chi connectivity index (χ1v) is 10.0. The maximum atomic E-state index is 13.6. The average Bonchev–Trinajstić information content (AvgIpc) is 3.42. The van der Waals surface area contributed by atoms with E-state index in [1.54, 1.807) is 7.11 Å². The second kappa shape index (κ2) is 5.02. The topological polar surface area (TPSA) is 59.0 Å². The van der Waals surface area contributed by atoms with Gasteiger partial charge in [0, 0.05) is 17.5 Å². The molecule has 26 heavy (non-hydrogen) atoms.